The van der Waals surface area contributed by atoms with Crippen LogP contribution in [0.5, 0.6) is 0 Å². The Kier molecular flexibility index (Phi) is 6.65. The first kappa shape index (κ1) is 15.4. The van der Waals surface area contributed by atoms with Crippen molar-refractivity contribution in [2.24, 2.45) is 0 Å². The second-order valence-corrected chi connectivity index (χ2v) is 5.31. The zero-order valence-corrected chi connectivity index (χ0v) is 12.6. The minimum Gasteiger partial charge on any atom is -0.342 e. The van der Waals surface area contributed by atoms with Crippen molar-refractivity contribution >= 4 is 33.4 Å². The Morgan fingerprint density at radius 2 is 2.11 bits per heavy atom. The summed E-state index contributed by atoms with van der Waals surface area (Å²) >= 11 is 8.94. The van der Waals surface area contributed by atoms with Gasteiger partial charge in [-0.15, -0.1) is 0 Å². The molecule has 0 spiro atoms. The number of amides is 1. The molecule has 0 fully saturated rings. The van der Waals surface area contributed by atoms with Crippen molar-refractivity contribution < 1.29 is 9.18 Å². The molecule has 1 aromatic rings. The highest BCUT2D eigenvalue weighted by Crippen LogP contribution is 2.16. The Morgan fingerprint density at radius 1 is 1.39 bits per heavy atom. The lowest BCUT2D eigenvalue weighted by atomic mass is 10.2. The first-order chi connectivity index (χ1) is 8.56. The average molecular weight is 337 g/mol. The van der Waals surface area contributed by atoms with Crippen LogP contribution in [0.15, 0.2) is 18.2 Å². The van der Waals surface area contributed by atoms with E-state index in [0.717, 1.165) is 24.6 Å². The molecule has 0 saturated carbocycles. The summed E-state index contributed by atoms with van der Waals surface area (Å²) in [6, 6.07) is 4.13. The fraction of sp³-hybridized carbons (Fsp3) is 0.462. The summed E-state index contributed by atoms with van der Waals surface area (Å²) in [6.07, 6.45) is 3.11. The van der Waals surface area contributed by atoms with Crippen LogP contribution in [0.4, 0.5) is 4.39 Å². The van der Waals surface area contributed by atoms with Crippen molar-refractivity contribution in [3.05, 3.63) is 34.6 Å². The van der Waals surface area contributed by atoms with Crippen molar-refractivity contribution in [1.29, 1.82) is 0 Å². The van der Waals surface area contributed by atoms with Gasteiger partial charge in [0.2, 0.25) is 0 Å². The first-order valence-electron chi connectivity index (χ1n) is 5.82. The molecule has 0 unspecified atom stereocenters. The Bertz CT molecular complexity index is 414. The number of alkyl halides is 1. The quantitative estimate of drug-likeness (QED) is 0.565. The van der Waals surface area contributed by atoms with Crippen LogP contribution in [0, 0.1) is 5.82 Å². The van der Waals surface area contributed by atoms with E-state index in [4.69, 9.17) is 11.6 Å². The predicted octanol–water partition coefficient (Wildman–Crippen LogP) is 4.12. The molecule has 0 radical (unpaired) electrons. The van der Waals surface area contributed by atoms with Crippen molar-refractivity contribution in [3.8, 4) is 0 Å². The second-order valence-electron chi connectivity index (χ2n) is 4.11. The minimum absolute atomic E-state index is 0.0338. The molecule has 5 heteroatoms. The predicted molar refractivity (Wildman–Crippen MR) is 76.0 cm³/mol. The number of nitrogens with zero attached hydrogens (tertiary/aromatic N) is 1. The van der Waals surface area contributed by atoms with Gasteiger partial charge >= 0.3 is 0 Å². The Hall–Kier alpha value is -0.610. The maximum atomic E-state index is 13.2. The molecule has 0 bridgehead atoms. The number of benzene rings is 1. The largest absolute Gasteiger partial charge is 0.342 e. The van der Waals surface area contributed by atoms with Crippen LogP contribution < -0.4 is 0 Å². The van der Waals surface area contributed by atoms with Crippen molar-refractivity contribution in [3.63, 3.8) is 0 Å². The summed E-state index contributed by atoms with van der Waals surface area (Å²) in [5, 5.41) is 1.01. The van der Waals surface area contributed by atoms with E-state index in [0.29, 0.717) is 12.1 Å². The molecule has 0 aromatic heterocycles. The Balaban J connectivity index is 2.54. The number of hydrogen-bond acceptors (Lipinski definition) is 1. The van der Waals surface area contributed by atoms with Crippen molar-refractivity contribution in [2.45, 2.75) is 19.3 Å². The Morgan fingerprint density at radius 3 is 2.72 bits per heavy atom. The van der Waals surface area contributed by atoms with E-state index in [9.17, 15) is 9.18 Å². The number of carbonyl (C=O) groups excluding carboxylic acids is 1. The summed E-state index contributed by atoms with van der Waals surface area (Å²) in [4.78, 5) is 13.6. The molecule has 0 aliphatic rings. The number of halogens is 3. The van der Waals surface area contributed by atoms with Gasteiger partial charge < -0.3 is 4.90 Å². The van der Waals surface area contributed by atoms with Crippen molar-refractivity contribution in [1.82, 2.24) is 4.90 Å². The summed E-state index contributed by atoms with van der Waals surface area (Å²) in [7, 11) is 1.73. The lowest BCUT2D eigenvalue weighted by Gasteiger charge is -2.17. The molecule has 1 amide bonds. The third kappa shape index (κ3) is 4.58. The van der Waals surface area contributed by atoms with E-state index in [2.05, 4.69) is 15.9 Å². The van der Waals surface area contributed by atoms with Gasteiger partial charge in [-0.05, 0) is 31.0 Å². The molecule has 100 valence electrons. The van der Waals surface area contributed by atoms with Gasteiger partial charge in [-0.1, -0.05) is 34.0 Å². The lowest BCUT2D eigenvalue weighted by Crippen LogP contribution is -2.27. The van der Waals surface area contributed by atoms with Crippen LogP contribution in [-0.2, 0) is 0 Å². The van der Waals surface area contributed by atoms with Gasteiger partial charge in [0.15, 0.2) is 0 Å². The summed E-state index contributed by atoms with van der Waals surface area (Å²) in [5.74, 6) is -0.736. The van der Waals surface area contributed by atoms with Gasteiger partial charge in [0.25, 0.3) is 5.91 Å². The maximum Gasteiger partial charge on any atom is 0.253 e. The molecule has 1 rings (SSSR count). The Labute approximate surface area is 120 Å². The molecular formula is C13H16BrClFNO. The molecule has 0 saturated heterocycles. The molecule has 1 aromatic carbocycles. The van der Waals surface area contributed by atoms with Gasteiger partial charge in [-0.25, -0.2) is 4.39 Å². The third-order valence-electron chi connectivity index (χ3n) is 2.64. The van der Waals surface area contributed by atoms with E-state index < -0.39 is 5.82 Å². The van der Waals surface area contributed by atoms with Crippen LogP contribution in [0.3, 0.4) is 0 Å². The molecule has 2 nitrogen and oxygen atoms in total. The number of carbonyl (C=O) groups is 1. The average Bonchev–Trinajstić information content (AvgIpc) is 2.37. The standard InChI is InChI=1S/C13H16BrClFNO/c1-17(8-4-2-3-7-14)13(18)10-5-6-11(15)12(16)9-10/h5-6,9H,2-4,7-8H2,1H3. The van der Waals surface area contributed by atoms with Gasteiger partial charge in [0.05, 0.1) is 5.02 Å². The van der Waals surface area contributed by atoms with E-state index >= 15 is 0 Å². The topological polar surface area (TPSA) is 20.3 Å². The third-order valence-corrected chi connectivity index (χ3v) is 3.51. The normalized spacial score (nSPS) is 10.4. The maximum absolute atomic E-state index is 13.2. The smallest absolute Gasteiger partial charge is 0.253 e. The number of hydrogen-bond donors (Lipinski definition) is 0. The highest BCUT2D eigenvalue weighted by molar-refractivity contribution is 9.09. The van der Waals surface area contributed by atoms with E-state index in [-0.39, 0.29) is 10.9 Å². The highest BCUT2D eigenvalue weighted by Gasteiger charge is 2.13. The summed E-state index contributed by atoms with van der Waals surface area (Å²) in [5.41, 5.74) is 0.333. The molecule has 18 heavy (non-hydrogen) atoms. The molecule has 0 aliphatic heterocycles. The number of rotatable bonds is 6. The molecule has 0 N–H and O–H groups in total. The van der Waals surface area contributed by atoms with Crippen LogP contribution >= 0.6 is 27.5 Å². The van der Waals surface area contributed by atoms with Crippen LogP contribution in [0.2, 0.25) is 5.02 Å². The number of unbranched alkanes of at least 4 members (excludes halogenated alkanes) is 2. The zero-order valence-electron chi connectivity index (χ0n) is 10.3. The zero-order chi connectivity index (χ0) is 13.5. The van der Waals surface area contributed by atoms with E-state index in [1.807, 2.05) is 0 Å². The fourth-order valence-electron chi connectivity index (χ4n) is 1.57. The van der Waals surface area contributed by atoms with Gasteiger partial charge in [-0.3, -0.25) is 4.79 Å². The monoisotopic (exact) mass is 335 g/mol. The first-order valence-corrected chi connectivity index (χ1v) is 7.32. The molecular weight excluding hydrogens is 321 g/mol. The van der Waals surface area contributed by atoms with Crippen LogP contribution in [-0.4, -0.2) is 29.7 Å². The van der Waals surface area contributed by atoms with E-state index in [1.54, 1.807) is 18.0 Å². The van der Waals surface area contributed by atoms with Gasteiger partial charge in [0, 0.05) is 24.5 Å². The molecule has 0 aliphatic carbocycles. The van der Waals surface area contributed by atoms with E-state index in [1.165, 1.54) is 12.1 Å². The molecule has 0 heterocycles. The minimum atomic E-state index is -0.560. The van der Waals surface area contributed by atoms with Crippen LogP contribution in [0.1, 0.15) is 29.6 Å². The van der Waals surface area contributed by atoms with Gasteiger partial charge in [-0.2, -0.15) is 0 Å². The van der Waals surface area contributed by atoms with Crippen molar-refractivity contribution in [2.75, 3.05) is 18.9 Å². The lowest BCUT2D eigenvalue weighted by molar-refractivity contribution is 0.0792. The van der Waals surface area contributed by atoms with Gasteiger partial charge in [0.1, 0.15) is 5.82 Å². The SMILES string of the molecule is CN(CCCCCBr)C(=O)c1ccc(Cl)c(F)c1. The highest BCUT2D eigenvalue weighted by atomic mass is 79.9. The summed E-state index contributed by atoms with van der Waals surface area (Å²) in [6.45, 7) is 0.677. The molecule has 0 atom stereocenters. The van der Waals surface area contributed by atoms with Crippen LogP contribution in [0.25, 0.3) is 0 Å². The summed E-state index contributed by atoms with van der Waals surface area (Å²) < 4.78 is 13.2. The second kappa shape index (κ2) is 7.74. The fourth-order valence-corrected chi connectivity index (χ4v) is 2.09.